The minimum Gasteiger partial charge on any atom is -0.549 e. The molecule has 0 amide bonds. The Bertz CT molecular complexity index is 547. The normalized spacial score (nSPS) is 13.5. The van der Waals surface area contributed by atoms with E-state index in [1.54, 1.807) is 20.8 Å². The minimum absolute atomic E-state index is 0.160. The number of ether oxygens (including phenoxy) is 1. The number of pyridine rings is 1. The summed E-state index contributed by atoms with van der Waals surface area (Å²) >= 11 is 0. The highest BCUT2D eigenvalue weighted by Crippen LogP contribution is 2.27. The Morgan fingerprint density at radius 1 is 1.27 bits per heavy atom. The smallest absolute Gasteiger partial charge is 0.433 e. The molecule has 0 bridgehead atoms. The van der Waals surface area contributed by atoms with Crippen molar-refractivity contribution in [1.82, 2.24) is 4.98 Å². The number of rotatable bonds is 4. The molecular formula is C14H15F3NO4-. The Balaban J connectivity index is 2.88. The molecule has 1 rings (SSSR count). The van der Waals surface area contributed by atoms with Gasteiger partial charge < -0.3 is 14.6 Å². The van der Waals surface area contributed by atoms with Gasteiger partial charge in [-0.25, -0.2) is 0 Å². The molecule has 0 fully saturated rings. The first-order valence-electron chi connectivity index (χ1n) is 6.36. The Hall–Kier alpha value is -2.12. The molecule has 0 aliphatic carbocycles. The predicted octanol–water partition coefficient (Wildman–Crippen LogP) is 1.35. The van der Waals surface area contributed by atoms with Crippen LogP contribution in [0.25, 0.3) is 0 Å². The minimum atomic E-state index is -4.59. The van der Waals surface area contributed by atoms with Crippen molar-refractivity contribution in [2.45, 2.75) is 39.0 Å². The largest absolute Gasteiger partial charge is 0.549 e. The van der Waals surface area contributed by atoms with Crippen molar-refractivity contribution >= 4 is 11.9 Å². The van der Waals surface area contributed by atoms with Crippen molar-refractivity contribution in [3.05, 3.63) is 29.6 Å². The molecule has 0 saturated heterocycles. The molecule has 0 radical (unpaired) electrons. The number of aliphatic carboxylic acids is 1. The summed E-state index contributed by atoms with van der Waals surface area (Å²) in [6.07, 6.45) is -4.07. The Morgan fingerprint density at radius 3 is 2.23 bits per heavy atom. The van der Waals surface area contributed by atoms with Crippen LogP contribution in [0, 0.1) is 5.92 Å². The van der Waals surface area contributed by atoms with Gasteiger partial charge in [0.15, 0.2) is 0 Å². The summed E-state index contributed by atoms with van der Waals surface area (Å²) in [6.45, 7) is 4.70. The van der Waals surface area contributed by atoms with E-state index in [1.807, 2.05) is 0 Å². The zero-order chi connectivity index (χ0) is 17.1. The third kappa shape index (κ3) is 5.34. The van der Waals surface area contributed by atoms with Crippen LogP contribution >= 0.6 is 0 Å². The van der Waals surface area contributed by atoms with Gasteiger partial charge in [-0.05, 0) is 38.8 Å². The lowest BCUT2D eigenvalue weighted by molar-refractivity contribution is -0.311. The predicted molar refractivity (Wildman–Crippen MR) is 67.3 cm³/mol. The van der Waals surface area contributed by atoms with E-state index in [2.05, 4.69) is 4.98 Å². The van der Waals surface area contributed by atoms with Crippen molar-refractivity contribution in [3.8, 4) is 0 Å². The van der Waals surface area contributed by atoms with Crippen LogP contribution in [0.1, 0.15) is 32.0 Å². The Morgan fingerprint density at radius 2 is 1.86 bits per heavy atom. The highest BCUT2D eigenvalue weighted by Gasteiger charge is 2.32. The maximum atomic E-state index is 12.4. The molecule has 0 aromatic carbocycles. The molecule has 8 heteroatoms. The number of aromatic nitrogens is 1. The maximum absolute atomic E-state index is 12.4. The molecule has 22 heavy (non-hydrogen) atoms. The van der Waals surface area contributed by atoms with Crippen LogP contribution in [-0.2, 0) is 26.9 Å². The van der Waals surface area contributed by atoms with E-state index in [0.717, 1.165) is 18.3 Å². The molecule has 0 aliphatic rings. The molecule has 0 saturated carbocycles. The van der Waals surface area contributed by atoms with E-state index in [9.17, 15) is 27.9 Å². The van der Waals surface area contributed by atoms with Gasteiger partial charge in [-0.15, -0.1) is 0 Å². The molecule has 0 N–H and O–H groups in total. The number of carbonyl (C=O) groups is 2. The van der Waals surface area contributed by atoms with Crippen LogP contribution in [0.4, 0.5) is 13.2 Å². The molecule has 0 spiro atoms. The summed E-state index contributed by atoms with van der Waals surface area (Å²) in [6, 6.07) is 1.78. The average molecular weight is 318 g/mol. The summed E-state index contributed by atoms with van der Waals surface area (Å²) in [4.78, 5) is 26.0. The lowest BCUT2D eigenvalue weighted by atomic mass is 10.00. The fraction of sp³-hybridized carbons (Fsp3) is 0.500. The van der Waals surface area contributed by atoms with Gasteiger partial charge in [0, 0.05) is 6.20 Å². The summed E-state index contributed by atoms with van der Waals surface area (Å²) in [5.41, 5.74) is -1.82. The Labute approximate surface area is 125 Å². The van der Waals surface area contributed by atoms with Gasteiger partial charge >= 0.3 is 12.1 Å². The van der Waals surface area contributed by atoms with Gasteiger partial charge in [0.2, 0.25) is 0 Å². The van der Waals surface area contributed by atoms with Crippen molar-refractivity contribution < 1.29 is 32.6 Å². The topological polar surface area (TPSA) is 79.3 Å². The first-order valence-corrected chi connectivity index (χ1v) is 6.36. The zero-order valence-corrected chi connectivity index (χ0v) is 12.2. The quantitative estimate of drug-likeness (QED) is 0.618. The standard InChI is InChI=1S/C14H16F3NO4/c1-13(2,3)22-12(21)9(11(19)20)6-8-4-5-10(18-7-8)14(15,16)17/h4-5,7,9H,6H2,1-3H3,(H,19,20)/p-1. The van der Waals surface area contributed by atoms with Crippen LogP contribution < -0.4 is 5.11 Å². The number of esters is 1. The summed E-state index contributed by atoms with van der Waals surface area (Å²) in [7, 11) is 0. The van der Waals surface area contributed by atoms with E-state index in [4.69, 9.17) is 4.74 Å². The number of carboxylic acid groups (broad SMARTS) is 1. The van der Waals surface area contributed by atoms with Crippen molar-refractivity contribution in [2.24, 2.45) is 5.92 Å². The van der Waals surface area contributed by atoms with Gasteiger partial charge in [0.1, 0.15) is 17.2 Å². The molecule has 5 nitrogen and oxygen atoms in total. The first-order chi connectivity index (χ1) is 9.90. The van der Waals surface area contributed by atoms with Crippen molar-refractivity contribution in [2.75, 3.05) is 0 Å². The highest BCUT2D eigenvalue weighted by molar-refractivity contribution is 5.93. The van der Waals surface area contributed by atoms with Crippen LogP contribution in [-0.4, -0.2) is 22.5 Å². The van der Waals surface area contributed by atoms with Crippen LogP contribution in [0.3, 0.4) is 0 Å². The van der Waals surface area contributed by atoms with Crippen LogP contribution in [0.2, 0.25) is 0 Å². The van der Waals surface area contributed by atoms with E-state index in [0.29, 0.717) is 0 Å². The molecule has 1 aromatic heterocycles. The second-order valence-corrected chi connectivity index (χ2v) is 5.66. The van der Waals surface area contributed by atoms with Crippen LogP contribution in [0.15, 0.2) is 18.3 Å². The maximum Gasteiger partial charge on any atom is 0.433 e. The third-order valence-corrected chi connectivity index (χ3v) is 2.53. The summed E-state index contributed by atoms with van der Waals surface area (Å²) in [5.74, 6) is -4.28. The van der Waals surface area contributed by atoms with Crippen LogP contribution in [0.5, 0.6) is 0 Å². The lowest BCUT2D eigenvalue weighted by Gasteiger charge is -2.24. The molecule has 1 aromatic rings. The number of hydrogen-bond donors (Lipinski definition) is 0. The molecule has 122 valence electrons. The second kappa shape index (κ2) is 6.33. The second-order valence-electron chi connectivity index (χ2n) is 5.66. The van der Waals surface area contributed by atoms with Gasteiger partial charge in [-0.1, -0.05) is 6.07 Å². The molecule has 1 atom stereocenters. The monoisotopic (exact) mass is 318 g/mol. The third-order valence-electron chi connectivity index (χ3n) is 2.53. The summed E-state index contributed by atoms with van der Waals surface area (Å²) in [5, 5.41) is 11.0. The average Bonchev–Trinajstić information content (AvgIpc) is 2.32. The number of nitrogens with zero attached hydrogens (tertiary/aromatic N) is 1. The number of halogens is 3. The van der Waals surface area contributed by atoms with Gasteiger partial charge in [0.05, 0.1) is 5.97 Å². The highest BCUT2D eigenvalue weighted by atomic mass is 19.4. The van der Waals surface area contributed by atoms with Gasteiger partial charge in [-0.3, -0.25) is 9.78 Å². The van der Waals surface area contributed by atoms with E-state index >= 15 is 0 Å². The Kier molecular flexibility index (Phi) is 5.16. The van der Waals surface area contributed by atoms with Gasteiger partial charge in [0.25, 0.3) is 0 Å². The van der Waals surface area contributed by atoms with E-state index in [-0.39, 0.29) is 12.0 Å². The first kappa shape index (κ1) is 17.9. The fourth-order valence-corrected chi connectivity index (χ4v) is 1.58. The molecule has 1 unspecified atom stereocenters. The van der Waals surface area contributed by atoms with E-state index < -0.39 is 35.3 Å². The summed E-state index contributed by atoms with van der Waals surface area (Å²) < 4.78 is 42.1. The SMILES string of the molecule is CC(C)(C)OC(=O)C(Cc1ccc(C(F)(F)F)nc1)C(=O)[O-]. The van der Waals surface area contributed by atoms with Crippen molar-refractivity contribution in [3.63, 3.8) is 0 Å². The van der Waals surface area contributed by atoms with Crippen molar-refractivity contribution in [1.29, 1.82) is 0 Å². The number of alkyl halides is 3. The lowest BCUT2D eigenvalue weighted by Crippen LogP contribution is -2.41. The zero-order valence-electron chi connectivity index (χ0n) is 12.2. The van der Waals surface area contributed by atoms with Gasteiger partial charge in [-0.2, -0.15) is 13.2 Å². The number of carboxylic acids is 1. The fourth-order valence-electron chi connectivity index (χ4n) is 1.58. The number of carbonyl (C=O) groups excluding carboxylic acids is 2. The molecule has 0 aliphatic heterocycles. The molecule has 1 heterocycles. The number of hydrogen-bond acceptors (Lipinski definition) is 5. The molecular weight excluding hydrogens is 303 g/mol. The van der Waals surface area contributed by atoms with E-state index in [1.165, 1.54) is 0 Å².